The predicted molar refractivity (Wildman–Crippen MR) is 80.0 cm³/mol. The molecule has 1 aromatic rings. The largest absolute Gasteiger partial charge is 0.356 e. The van der Waals surface area contributed by atoms with Crippen molar-refractivity contribution in [3.8, 4) is 0 Å². The highest BCUT2D eigenvalue weighted by Crippen LogP contribution is 2.07. The zero-order chi connectivity index (χ0) is 11.9. The number of rotatable bonds is 6. The first kappa shape index (κ1) is 18.2. The minimum absolute atomic E-state index is 0. The third-order valence-corrected chi connectivity index (χ3v) is 3.07. The second kappa shape index (κ2) is 10.1. The lowest BCUT2D eigenvalue weighted by molar-refractivity contribution is -0.121. The van der Waals surface area contributed by atoms with E-state index in [9.17, 15) is 4.79 Å². The number of imidazole rings is 1. The summed E-state index contributed by atoms with van der Waals surface area (Å²) in [5.74, 6) is 0.162. The Bertz CT molecular complexity index is 340. The van der Waals surface area contributed by atoms with Gasteiger partial charge in [0.1, 0.15) is 0 Å². The number of hydrogen-bond acceptors (Lipinski definition) is 3. The van der Waals surface area contributed by atoms with Crippen molar-refractivity contribution in [1.82, 2.24) is 20.2 Å². The molecule has 110 valence electrons. The number of carbonyl (C=O) groups excluding carboxylic acids is 1. The molecule has 0 saturated carbocycles. The highest BCUT2D eigenvalue weighted by atomic mass is 35.5. The molecule has 19 heavy (non-hydrogen) atoms. The van der Waals surface area contributed by atoms with Crippen LogP contribution in [0.2, 0.25) is 0 Å². The van der Waals surface area contributed by atoms with E-state index in [0.717, 1.165) is 32.5 Å². The Labute approximate surface area is 126 Å². The molecular formula is C12H22Cl2N4O. The molecule has 0 radical (unpaired) electrons. The van der Waals surface area contributed by atoms with Gasteiger partial charge < -0.3 is 15.2 Å². The van der Waals surface area contributed by atoms with Gasteiger partial charge in [0.25, 0.3) is 0 Å². The van der Waals surface area contributed by atoms with Crippen LogP contribution in [0.25, 0.3) is 0 Å². The first-order valence-corrected chi connectivity index (χ1v) is 6.30. The zero-order valence-corrected chi connectivity index (χ0v) is 12.5. The van der Waals surface area contributed by atoms with Crippen LogP contribution in [0.4, 0.5) is 0 Å². The molecule has 1 aliphatic rings. The van der Waals surface area contributed by atoms with Gasteiger partial charge in [-0.1, -0.05) is 0 Å². The van der Waals surface area contributed by atoms with Gasteiger partial charge in [-0.25, -0.2) is 4.98 Å². The van der Waals surface area contributed by atoms with Gasteiger partial charge in [-0.15, -0.1) is 24.8 Å². The first-order chi connectivity index (χ1) is 8.34. The SMILES string of the molecule is Cl.Cl.O=C(CC1CCCN1)NCCCn1ccnc1. The minimum atomic E-state index is 0. The van der Waals surface area contributed by atoms with Crippen LogP contribution >= 0.6 is 24.8 Å². The Kier molecular flexibility index (Phi) is 9.65. The van der Waals surface area contributed by atoms with Crippen LogP contribution < -0.4 is 10.6 Å². The number of halogens is 2. The molecule has 2 N–H and O–H groups in total. The van der Waals surface area contributed by atoms with E-state index >= 15 is 0 Å². The summed E-state index contributed by atoms with van der Waals surface area (Å²) in [5.41, 5.74) is 0. The molecule has 0 aliphatic carbocycles. The Balaban J connectivity index is 0.00000162. The Morgan fingerprint density at radius 3 is 2.95 bits per heavy atom. The van der Waals surface area contributed by atoms with Crippen molar-refractivity contribution in [2.75, 3.05) is 13.1 Å². The molecule has 2 heterocycles. The number of nitrogens with one attached hydrogen (secondary N) is 2. The van der Waals surface area contributed by atoms with Crippen molar-refractivity contribution in [2.24, 2.45) is 0 Å². The molecule has 2 rings (SSSR count). The fourth-order valence-corrected chi connectivity index (χ4v) is 2.14. The van der Waals surface area contributed by atoms with E-state index in [1.165, 1.54) is 6.42 Å². The molecule has 1 aliphatic heterocycles. The van der Waals surface area contributed by atoms with Crippen LogP contribution in [0.1, 0.15) is 25.7 Å². The van der Waals surface area contributed by atoms with E-state index in [2.05, 4.69) is 15.6 Å². The number of aryl methyl sites for hydroxylation is 1. The van der Waals surface area contributed by atoms with Gasteiger partial charge in [-0.3, -0.25) is 4.79 Å². The molecule has 1 amide bonds. The number of aromatic nitrogens is 2. The third-order valence-electron chi connectivity index (χ3n) is 3.07. The highest BCUT2D eigenvalue weighted by molar-refractivity contribution is 5.85. The standard InChI is InChI=1S/C12H20N4O.2ClH/c17-12(9-11-3-1-4-14-11)15-5-2-7-16-8-6-13-10-16;;/h6,8,10-11,14H,1-5,7,9H2,(H,15,17);2*1H. The smallest absolute Gasteiger partial charge is 0.221 e. The van der Waals surface area contributed by atoms with Gasteiger partial charge in [-0.2, -0.15) is 0 Å². The molecular weight excluding hydrogens is 287 g/mol. The summed E-state index contributed by atoms with van der Waals surface area (Å²) in [6, 6.07) is 0.392. The lowest BCUT2D eigenvalue weighted by Gasteiger charge is -2.10. The van der Waals surface area contributed by atoms with Crippen molar-refractivity contribution in [3.05, 3.63) is 18.7 Å². The number of hydrogen-bond donors (Lipinski definition) is 2. The predicted octanol–water partition coefficient (Wildman–Crippen LogP) is 1.38. The van der Waals surface area contributed by atoms with Crippen molar-refractivity contribution >= 4 is 30.7 Å². The number of carbonyl (C=O) groups is 1. The van der Waals surface area contributed by atoms with Gasteiger partial charge in [0, 0.05) is 37.9 Å². The van der Waals surface area contributed by atoms with Gasteiger partial charge in [0.2, 0.25) is 5.91 Å². The second-order valence-electron chi connectivity index (χ2n) is 4.50. The lowest BCUT2D eigenvalue weighted by atomic mass is 10.1. The molecule has 1 atom stereocenters. The summed E-state index contributed by atoms with van der Waals surface area (Å²) in [4.78, 5) is 15.6. The summed E-state index contributed by atoms with van der Waals surface area (Å²) in [6.07, 6.45) is 9.38. The summed E-state index contributed by atoms with van der Waals surface area (Å²) in [5, 5.41) is 6.29. The highest BCUT2D eigenvalue weighted by Gasteiger charge is 2.16. The molecule has 1 fully saturated rings. The molecule has 1 saturated heterocycles. The van der Waals surface area contributed by atoms with Crippen LogP contribution in [0.5, 0.6) is 0 Å². The molecule has 0 bridgehead atoms. The fourth-order valence-electron chi connectivity index (χ4n) is 2.14. The summed E-state index contributed by atoms with van der Waals surface area (Å²) >= 11 is 0. The van der Waals surface area contributed by atoms with Crippen LogP contribution in [0.15, 0.2) is 18.7 Å². The Hall–Kier alpha value is -0.780. The minimum Gasteiger partial charge on any atom is -0.356 e. The quantitative estimate of drug-likeness (QED) is 0.781. The Morgan fingerprint density at radius 1 is 1.47 bits per heavy atom. The van der Waals surface area contributed by atoms with Crippen LogP contribution in [0.3, 0.4) is 0 Å². The lowest BCUT2D eigenvalue weighted by Crippen LogP contribution is -2.32. The molecule has 7 heteroatoms. The summed E-state index contributed by atoms with van der Waals surface area (Å²) < 4.78 is 2.02. The van der Waals surface area contributed by atoms with E-state index in [1.807, 2.05) is 10.8 Å². The van der Waals surface area contributed by atoms with Gasteiger partial charge >= 0.3 is 0 Å². The van der Waals surface area contributed by atoms with Crippen molar-refractivity contribution in [3.63, 3.8) is 0 Å². The normalized spacial score (nSPS) is 17.4. The third kappa shape index (κ3) is 6.80. The van der Waals surface area contributed by atoms with E-state index in [-0.39, 0.29) is 30.7 Å². The van der Waals surface area contributed by atoms with Crippen molar-refractivity contribution in [2.45, 2.75) is 38.3 Å². The van der Waals surface area contributed by atoms with Gasteiger partial charge in [0.05, 0.1) is 6.33 Å². The second-order valence-corrected chi connectivity index (χ2v) is 4.50. The van der Waals surface area contributed by atoms with Gasteiger partial charge in [0.15, 0.2) is 0 Å². The van der Waals surface area contributed by atoms with E-state index < -0.39 is 0 Å². The average Bonchev–Trinajstić information content (AvgIpc) is 2.96. The van der Waals surface area contributed by atoms with E-state index in [0.29, 0.717) is 12.5 Å². The summed E-state index contributed by atoms with van der Waals surface area (Å²) in [7, 11) is 0. The maximum Gasteiger partial charge on any atom is 0.221 e. The fraction of sp³-hybridized carbons (Fsp3) is 0.667. The Morgan fingerprint density at radius 2 is 2.32 bits per heavy atom. The summed E-state index contributed by atoms with van der Waals surface area (Å²) in [6.45, 7) is 2.70. The van der Waals surface area contributed by atoms with Crippen LogP contribution in [0, 0.1) is 0 Å². The first-order valence-electron chi connectivity index (χ1n) is 6.30. The monoisotopic (exact) mass is 308 g/mol. The molecule has 5 nitrogen and oxygen atoms in total. The number of amides is 1. The molecule has 1 unspecified atom stereocenters. The molecule has 0 spiro atoms. The van der Waals surface area contributed by atoms with Crippen LogP contribution in [-0.4, -0.2) is 34.6 Å². The average molecular weight is 309 g/mol. The van der Waals surface area contributed by atoms with Gasteiger partial charge in [-0.05, 0) is 25.8 Å². The number of nitrogens with zero attached hydrogens (tertiary/aromatic N) is 2. The maximum absolute atomic E-state index is 11.6. The van der Waals surface area contributed by atoms with E-state index in [4.69, 9.17) is 0 Å². The van der Waals surface area contributed by atoms with Crippen LogP contribution in [-0.2, 0) is 11.3 Å². The maximum atomic E-state index is 11.6. The van der Waals surface area contributed by atoms with E-state index in [1.54, 1.807) is 12.5 Å². The molecule has 0 aromatic carbocycles. The zero-order valence-electron chi connectivity index (χ0n) is 10.9. The molecule has 1 aromatic heterocycles. The van der Waals surface area contributed by atoms with Crippen molar-refractivity contribution < 1.29 is 4.79 Å². The van der Waals surface area contributed by atoms with Crippen molar-refractivity contribution in [1.29, 1.82) is 0 Å². The topological polar surface area (TPSA) is 59.0 Å².